The van der Waals surface area contributed by atoms with Crippen molar-refractivity contribution in [1.29, 1.82) is 0 Å². The highest BCUT2D eigenvalue weighted by atomic mass is 19.1. The molecule has 1 aromatic carbocycles. The number of amides is 2. The third-order valence-electron chi connectivity index (χ3n) is 6.56. The third-order valence-corrected chi connectivity index (χ3v) is 6.56. The first-order valence-corrected chi connectivity index (χ1v) is 11.3. The number of benzene rings is 1. The molecular weight excluding hydrogens is 450 g/mol. The topological polar surface area (TPSA) is 104 Å². The van der Waals surface area contributed by atoms with Crippen LogP contribution in [0.1, 0.15) is 58.5 Å². The zero-order valence-corrected chi connectivity index (χ0v) is 18.3. The van der Waals surface area contributed by atoms with E-state index in [1.165, 1.54) is 16.9 Å². The smallest absolute Gasteiger partial charge is 0.280 e. The Balaban J connectivity index is 1.49. The highest BCUT2D eigenvalue weighted by Crippen LogP contribution is 2.33. The maximum absolute atomic E-state index is 13.9. The van der Waals surface area contributed by atoms with Gasteiger partial charge in [-0.2, -0.15) is 0 Å². The lowest BCUT2D eigenvalue weighted by Gasteiger charge is -2.50. The number of hydrogen-bond donors (Lipinski definition) is 2. The van der Waals surface area contributed by atoms with Crippen molar-refractivity contribution in [1.82, 2.24) is 14.9 Å². The van der Waals surface area contributed by atoms with E-state index in [9.17, 15) is 28.3 Å². The molecule has 5 rings (SSSR count). The van der Waals surface area contributed by atoms with E-state index < -0.39 is 40.9 Å². The molecule has 2 saturated heterocycles. The van der Waals surface area contributed by atoms with E-state index in [0.717, 1.165) is 25.3 Å². The quantitative estimate of drug-likeness (QED) is 0.701. The second kappa shape index (κ2) is 8.71. The molecule has 0 saturated carbocycles. The summed E-state index contributed by atoms with van der Waals surface area (Å²) in [4.78, 5) is 40.7. The molecule has 0 aliphatic carbocycles. The number of pyridine rings is 1. The molecule has 3 aliphatic heterocycles. The van der Waals surface area contributed by atoms with Crippen LogP contribution in [0, 0.1) is 11.6 Å². The largest absolute Gasteiger partial charge is 0.502 e. The van der Waals surface area contributed by atoms with Crippen molar-refractivity contribution in [3.05, 3.63) is 63.1 Å². The highest BCUT2D eigenvalue weighted by Gasteiger charge is 2.45. The lowest BCUT2D eigenvalue weighted by molar-refractivity contribution is -0.0442. The van der Waals surface area contributed by atoms with E-state index in [1.807, 2.05) is 5.01 Å². The molecule has 3 aliphatic rings. The number of carbonyl (C=O) groups excluding carboxylic acids is 2. The van der Waals surface area contributed by atoms with Crippen LogP contribution in [-0.4, -0.2) is 52.0 Å². The SMILES string of the molecule is O=C(NCc1ccc(F)cc1F)c1cn2c(c(O)c1=O)C(=O)N(C1CCCO1)[C@@H]1CCCCN12. The number of aromatic nitrogens is 1. The van der Waals surface area contributed by atoms with Gasteiger partial charge in [-0.15, -0.1) is 0 Å². The Kier molecular flexibility index (Phi) is 5.72. The number of carbonyl (C=O) groups is 2. The average molecular weight is 474 g/mol. The van der Waals surface area contributed by atoms with Crippen LogP contribution in [0.15, 0.2) is 29.2 Å². The second-order valence-corrected chi connectivity index (χ2v) is 8.65. The van der Waals surface area contributed by atoms with Gasteiger partial charge in [0.25, 0.3) is 11.8 Å². The van der Waals surface area contributed by atoms with E-state index in [4.69, 9.17) is 4.74 Å². The second-order valence-electron chi connectivity index (χ2n) is 8.65. The summed E-state index contributed by atoms with van der Waals surface area (Å²) in [5.74, 6) is -3.77. The zero-order valence-electron chi connectivity index (χ0n) is 18.3. The van der Waals surface area contributed by atoms with Crippen LogP contribution in [0.25, 0.3) is 0 Å². The number of aromatic hydroxyl groups is 1. The predicted molar refractivity (Wildman–Crippen MR) is 116 cm³/mol. The predicted octanol–water partition coefficient (Wildman–Crippen LogP) is 1.80. The van der Waals surface area contributed by atoms with Crippen LogP contribution in [0.4, 0.5) is 8.78 Å². The summed E-state index contributed by atoms with van der Waals surface area (Å²) < 4.78 is 34.2. The fourth-order valence-corrected chi connectivity index (χ4v) is 4.88. The van der Waals surface area contributed by atoms with E-state index >= 15 is 0 Å². The molecule has 11 heteroatoms. The molecular formula is C23H24F2N4O5. The molecule has 34 heavy (non-hydrogen) atoms. The lowest BCUT2D eigenvalue weighted by Crippen LogP contribution is -2.65. The molecule has 180 valence electrons. The summed E-state index contributed by atoms with van der Waals surface area (Å²) in [6.45, 7) is 0.803. The van der Waals surface area contributed by atoms with Crippen LogP contribution < -0.4 is 15.8 Å². The van der Waals surface area contributed by atoms with Gasteiger partial charge in [0.1, 0.15) is 29.6 Å². The van der Waals surface area contributed by atoms with Crippen molar-refractivity contribution in [3.63, 3.8) is 0 Å². The number of piperidine rings is 1. The van der Waals surface area contributed by atoms with Crippen LogP contribution in [0.5, 0.6) is 5.75 Å². The molecule has 2 atom stereocenters. The molecule has 0 bridgehead atoms. The Morgan fingerprint density at radius 3 is 2.74 bits per heavy atom. The first-order valence-electron chi connectivity index (χ1n) is 11.3. The summed E-state index contributed by atoms with van der Waals surface area (Å²) >= 11 is 0. The van der Waals surface area contributed by atoms with Gasteiger partial charge >= 0.3 is 0 Å². The normalized spacial score (nSPS) is 21.9. The summed E-state index contributed by atoms with van der Waals surface area (Å²) in [7, 11) is 0. The van der Waals surface area contributed by atoms with Gasteiger partial charge in [0.2, 0.25) is 5.43 Å². The molecule has 4 heterocycles. The summed E-state index contributed by atoms with van der Waals surface area (Å²) in [5, 5.41) is 15.0. The minimum absolute atomic E-state index is 0.0375. The maximum atomic E-state index is 13.9. The minimum Gasteiger partial charge on any atom is -0.502 e. The number of ether oxygens (including phenoxy) is 1. The minimum atomic E-state index is -1.00. The van der Waals surface area contributed by atoms with Crippen molar-refractivity contribution < 1.29 is 28.2 Å². The first kappa shape index (κ1) is 22.3. The Labute approximate surface area is 193 Å². The summed E-state index contributed by atoms with van der Waals surface area (Å²) in [6, 6.07) is 2.95. The number of rotatable bonds is 4. The average Bonchev–Trinajstić information content (AvgIpc) is 3.34. The van der Waals surface area contributed by atoms with E-state index in [-0.39, 0.29) is 29.5 Å². The molecule has 1 unspecified atom stereocenters. The lowest BCUT2D eigenvalue weighted by atomic mass is 10.0. The number of halogens is 2. The van der Waals surface area contributed by atoms with Gasteiger partial charge in [-0.25, -0.2) is 8.78 Å². The van der Waals surface area contributed by atoms with Crippen molar-refractivity contribution >= 4 is 11.8 Å². The molecule has 9 nitrogen and oxygen atoms in total. The van der Waals surface area contributed by atoms with Gasteiger partial charge in [0.15, 0.2) is 11.4 Å². The molecule has 1 aromatic heterocycles. The first-order chi connectivity index (χ1) is 16.4. The maximum Gasteiger partial charge on any atom is 0.280 e. The number of nitrogens with zero attached hydrogens (tertiary/aromatic N) is 3. The van der Waals surface area contributed by atoms with Gasteiger partial charge in [0.05, 0.1) is 0 Å². The highest BCUT2D eigenvalue weighted by molar-refractivity contribution is 5.99. The molecule has 2 N–H and O–H groups in total. The number of hydrogen-bond acceptors (Lipinski definition) is 6. The number of fused-ring (bicyclic) bond motifs is 3. The molecule has 2 amide bonds. The van der Waals surface area contributed by atoms with Crippen molar-refractivity contribution in [3.8, 4) is 5.75 Å². The monoisotopic (exact) mass is 474 g/mol. The van der Waals surface area contributed by atoms with Crippen LogP contribution >= 0.6 is 0 Å². The Bertz CT molecular complexity index is 1210. The zero-order chi connectivity index (χ0) is 24.0. The molecule has 2 aromatic rings. The van der Waals surface area contributed by atoms with Crippen molar-refractivity contribution in [2.45, 2.75) is 51.0 Å². The fraction of sp³-hybridized carbons (Fsp3) is 0.435. The summed E-state index contributed by atoms with van der Waals surface area (Å²) in [5.41, 5.74) is -1.55. The van der Waals surface area contributed by atoms with Crippen LogP contribution in [0.3, 0.4) is 0 Å². The van der Waals surface area contributed by atoms with E-state index in [0.29, 0.717) is 32.1 Å². The van der Waals surface area contributed by atoms with Gasteiger partial charge in [-0.1, -0.05) is 6.07 Å². The van der Waals surface area contributed by atoms with Gasteiger partial charge in [-0.3, -0.25) is 29.0 Å². The van der Waals surface area contributed by atoms with Crippen molar-refractivity contribution in [2.75, 3.05) is 18.2 Å². The Morgan fingerprint density at radius 2 is 2.00 bits per heavy atom. The van der Waals surface area contributed by atoms with Crippen LogP contribution in [0.2, 0.25) is 0 Å². The number of nitrogens with one attached hydrogen (secondary N) is 1. The fourth-order valence-electron chi connectivity index (χ4n) is 4.88. The molecule has 0 radical (unpaired) electrons. The van der Waals surface area contributed by atoms with Gasteiger partial charge in [-0.05, 0) is 38.2 Å². The molecule has 0 spiro atoms. The van der Waals surface area contributed by atoms with Gasteiger partial charge < -0.3 is 15.2 Å². The Morgan fingerprint density at radius 1 is 1.18 bits per heavy atom. The summed E-state index contributed by atoms with van der Waals surface area (Å²) in [6.07, 6.45) is 4.38. The van der Waals surface area contributed by atoms with Crippen molar-refractivity contribution in [2.24, 2.45) is 0 Å². The van der Waals surface area contributed by atoms with Gasteiger partial charge in [0, 0.05) is 37.5 Å². The Hall–Kier alpha value is -3.47. The third kappa shape index (κ3) is 3.69. The molecule has 2 fully saturated rings. The standard InChI is InChI=1S/C23H24F2N4O5/c24-14-7-6-13(16(25)10-14)11-26-22(32)15-12-28-19(21(31)20(15)30)23(33)29(18-5-3-9-34-18)17-4-1-2-8-27(17)28/h6-7,10,12,17-18,31H,1-5,8-9,11H2,(H,26,32)/t17-,18?/m1/s1. The van der Waals surface area contributed by atoms with E-state index in [1.54, 1.807) is 4.90 Å². The van der Waals surface area contributed by atoms with Crippen LogP contribution in [-0.2, 0) is 11.3 Å². The van der Waals surface area contributed by atoms with E-state index in [2.05, 4.69) is 5.32 Å².